The highest BCUT2D eigenvalue weighted by atomic mass is 32.2. The SMILES string of the molecule is CN(C(=O)CSc1ccc(N)cc1F)c1ccccc1. The molecule has 0 aliphatic rings. The molecule has 0 aromatic heterocycles. The van der Waals surface area contributed by atoms with E-state index in [0.29, 0.717) is 10.6 Å². The van der Waals surface area contributed by atoms with Crippen LogP contribution in [-0.4, -0.2) is 18.7 Å². The van der Waals surface area contributed by atoms with E-state index in [1.165, 1.54) is 17.8 Å². The Morgan fingerprint density at radius 2 is 1.95 bits per heavy atom. The van der Waals surface area contributed by atoms with Gasteiger partial charge in [-0.2, -0.15) is 0 Å². The van der Waals surface area contributed by atoms with Gasteiger partial charge in [-0.05, 0) is 30.3 Å². The van der Waals surface area contributed by atoms with Gasteiger partial charge in [0.1, 0.15) is 5.82 Å². The number of para-hydroxylation sites is 1. The van der Waals surface area contributed by atoms with Gasteiger partial charge in [0.25, 0.3) is 0 Å². The molecule has 0 unspecified atom stereocenters. The lowest BCUT2D eigenvalue weighted by atomic mass is 10.3. The Hall–Kier alpha value is -2.01. The van der Waals surface area contributed by atoms with Crippen molar-refractivity contribution in [3.63, 3.8) is 0 Å². The standard InChI is InChI=1S/C15H15FN2OS/c1-18(12-5-3-2-4-6-12)15(19)10-20-14-8-7-11(17)9-13(14)16/h2-9H,10,17H2,1H3. The monoisotopic (exact) mass is 290 g/mol. The van der Waals surface area contributed by atoms with Gasteiger partial charge in [-0.15, -0.1) is 11.8 Å². The summed E-state index contributed by atoms with van der Waals surface area (Å²) < 4.78 is 13.6. The van der Waals surface area contributed by atoms with Crippen LogP contribution in [0.4, 0.5) is 15.8 Å². The van der Waals surface area contributed by atoms with Crippen LogP contribution in [0.1, 0.15) is 0 Å². The minimum Gasteiger partial charge on any atom is -0.399 e. The first-order valence-electron chi connectivity index (χ1n) is 6.07. The van der Waals surface area contributed by atoms with Crippen LogP contribution >= 0.6 is 11.8 Å². The molecule has 20 heavy (non-hydrogen) atoms. The second kappa shape index (κ2) is 6.43. The lowest BCUT2D eigenvalue weighted by molar-refractivity contribution is -0.115. The van der Waals surface area contributed by atoms with Gasteiger partial charge in [0.05, 0.1) is 5.75 Å². The minimum absolute atomic E-state index is 0.0857. The van der Waals surface area contributed by atoms with Gasteiger partial charge in [0.2, 0.25) is 5.91 Å². The third kappa shape index (κ3) is 3.51. The summed E-state index contributed by atoms with van der Waals surface area (Å²) in [5.74, 6) is -0.311. The number of nitrogens with zero attached hydrogens (tertiary/aromatic N) is 1. The lowest BCUT2D eigenvalue weighted by Gasteiger charge is -2.17. The van der Waals surface area contributed by atoms with Gasteiger partial charge in [0, 0.05) is 23.3 Å². The summed E-state index contributed by atoms with van der Waals surface area (Å²) in [4.78, 5) is 14.0. The molecule has 2 aromatic rings. The van der Waals surface area contributed by atoms with E-state index in [4.69, 9.17) is 5.73 Å². The quantitative estimate of drug-likeness (QED) is 0.695. The number of benzene rings is 2. The molecule has 0 fully saturated rings. The third-order valence-corrected chi connectivity index (χ3v) is 3.86. The van der Waals surface area contributed by atoms with Crippen molar-refractivity contribution in [3.8, 4) is 0 Å². The van der Waals surface area contributed by atoms with Crippen LogP contribution in [-0.2, 0) is 4.79 Å². The number of thioether (sulfide) groups is 1. The molecule has 0 atom stereocenters. The first kappa shape index (κ1) is 14.4. The highest BCUT2D eigenvalue weighted by Crippen LogP contribution is 2.24. The Labute approximate surface area is 121 Å². The summed E-state index contributed by atoms with van der Waals surface area (Å²) >= 11 is 1.17. The highest BCUT2D eigenvalue weighted by molar-refractivity contribution is 8.00. The van der Waals surface area contributed by atoms with Crippen LogP contribution in [0.2, 0.25) is 0 Å². The lowest BCUT2D eigenvalue weighted by Crippen LogP contribution is -2.27. The number of carbonyl (C=O) groups excluding carboxylic acids is 1. The Kier molecular flexibility index (Phi) is 4.63. The molecule has 0 bridgehead atoms. The summed E-state index contributed by atoms with van der Waals surface area (Å²) in [6.07, 6.45) is 0. The second-order valence-corrected chi connectivity index (χ2v) is 5.28. The second-order valence-electron chi connectivity index (χ2n) is 4.27. The number of halogens is 1. The van der Waals surface area contributed by atoms with Crippen LogP contribution in [0.5, 0.6) is 0 Å². The average Bonchev–Trinajstić information content (AvgIpc) is 2.46. The zero-order valence-electron chi connectivity index (χ0n) is 11.0. The molecule has 0 heterocycles. The number of carbonyl (C=O) groups is 1. The van der Waals surface area contributed by atoms with E-state index in [0.717, 1.165) is 5.69 Å². The average molecular weight is 290 g/mol. The van der Waals surface area contributed by atoms with Crippen molar-refractivity contribution < 1.29 is 9.18 Å². The predicted octanol–water partition coefficient (Wildman–Crippen LogP) is 3.16. The van der Waals surface area contributed by atoms with Gasteiger partial charge in [0.15, 0.2) is 0 Å². The number of nitrogen functional groups attached to an aromatic ring is 1. The van der Waals surface area contributed by atoms with Crippen molar-refractivity contribution >= 4 is 29.0 Å². The summed E-state index contributed by atoms with van der Waals surface area (Å²) in [7, 11) is 1.71. The first-order chi connectivity index (χ1) is 9.58. The molecule has 2 N–H and O–H groups in total. The zero-order chi connectivity index (χ0) is 14.5. The van der Waals surface area contributed by atoms with Gasteiger partial charge in [-0.3, -0.25) is 4.79 Å². The molecule has 1 amide bonds. The van der Waals surface area contributed by atoms with Crippen LogP contribution in [0.15, 0.2) is 53.4 Å². The molecule has 0 radical (unpaired) electrons. The van der Waals surface area contributed by atoms with E-state index >= 15 is 0 Å². The molecular formula is C15H15FN2OS. The number of amides is 1. The molecule has 5 heteroatoms. The maximum Gasteiger partial charge on any atom is 0.237 e. The molecule has 3 nitrogen and oxygen atoms in total. The molecule has 0 aliphatic carbocycles. The van der Waals surface area contributed by atoms with E-state index in [1.54, 1.807) is 24.1 Å². The number of nitrogens with two attached hydrogens (primary N) is 1. The fourth-order valence-corrected chi connectivity index (χ4v) is 2.50. The van der Waals surface area contributed by atoms with Gasteiger partial charge >= 0.3 is 0 Å². The topological polar surface area (TPSA) is 46.3 Å². The number of rotatable bonds is 4. The maximum atomic E-state index is 13.6. The van der Waals surface area contributed by atoms with Crippen LogP contribution < -0.4 is 10.6 Å². The molecule has 2 aromatic carbocycles. The van der Waals surface area contributed by atoms with Crippen molar-refractivity contribution in [1.29, 1.82) is 0 Å². The molecule has 0 aliphatic heterocycles. The molecule has 0 spiro atoms. The molecule has 0 saturated heterocycles. The largest absolute Gasteiger partial charge is 0.399 e. The van der Waals surface area contributed by atoms with E-state index in [-0.39, 0.29) is 11.7 Å². The first-order valence-corrected chi connectivity index (χ1v) is 7.06. The van der Waals surface area contributed by atoms with E-state index in [2.05, 4.69) is 0 Å². The number of hydrogen-bond acceptors (Lipinski definition) is 3. The summed E-state index contributed by atoms with van der Waals surface area (Å²) in [6, 6.07) is 13.8. The van der Waals surface area contributed by atoms with E-state index < -0.39 is 5.82 Å². The molecular weight excluding hydrogens is 275 g/mol. The summed E-state index contributed by atoms with van der Waals surface area (Å²) in [6.45, 7) is 0. The number of hydrogen-bond donors (Lipinski definition) is 1. The highest BCUT2D eigenvalue weighted by Gasteiger charge is 2.12. The zero-order valence-corrected chi connectivity index (χ0v) is 11.9. The smallest absolute Gasteiger partial charge is 0.237 e. The van der Waals surface area contributed by atoms with Gasteiger partial charge < -0.3 is 10.6 Å². The normalized spacial score (nSPS) is 10.3. The third-order valence-electron chi connectivity index (χ3n) is 2.82. The van der Waals surface area contributed by atoms with Crippen molar-refractivity contribution in [3.05, 3.63) is 54.3 Å². The molecule has 104 valence electrons. The van der Waals surface area contributed by atoms with Crippen molar-refractivity contribution in [2.24, 2.45) is 0 Å². The fourth-order valence-electron chi connectivity index (χ4n) is 1.67. The van der Waals surface area contributed by atoms with Crippen molar-refractivity contribution in [2.75, 3.05) is 23.4 Å². The predicted molar refractivity (Wildman–Crippen MR) is 81.4 cm³/mol. The maximum absolute atomic E-state index is 13.6. The Morgan fingerprint density at radius 3 is 2.60 bits per heavy atom. The Bertz CT molecular complexity index is 604. The fraction of sp³-hybridized carbons (Fsp3) is 0.133. The van der Waals surface area contributed by atoms with Gasteiger partial charge in [-0.25, -0.2) is 4.39 Å². The minimum atomic E-state index is -0.398. The van der Waals surface area contributed by atoms with E-state index in [1.807, 2.05) is 30.3 Å². The van der Waals surface area contributed by atoms with Crippen molar-refractivity contribution in [2.45, 2.75) is 4.90 Å². The Balaban J connectivity index is 1.98. The summed E-state index contributed by atoms with van der Waals surface area (Å²) in [5, 5.41) is 0. The number of anilines is 2. The Morgan fingerprint density at radius 1 is 1.25 bits per heavy atom. The van der Waals surface area contributed by atoms with Crippen LogP contribution in [0.25, 0.3) is 0 Å². The molecule has 0 saturated carbocycles. The van der Waals surface area contributed by atoms with E-state index in [9.17, 15) is 9.18 Å². The van der Waals surface area contributed by atoms with Gasteiger partial charge in [-0.1, -0.05) is 18.2 Å². The van der Waals surface area contributed by atoms with Crippen molar-refractivity contribution in [1.82, 2.24) is 0 Å². The molecule has 2 rings (SSSR count). The van der Waals surface area contributed by atoms with Crippen LogP contribution in [0, 0.1) is 5.82 Å². The van der Waals surface area contributed by atoms with Crippen LogP contribution in [0.3, 0.4) is 0 Å². The summed E-state index contributed by atoms with van der Waals surface area (Å²) in [5.41, 5.74) is 6.67.